The lowest BCUT2D eigenvalue weighted by Gasteiger charge is -2.05. The molecule has 0 saturated carbocycles. The van der Waals surface area contributed by atoms with Crippen LogP contribution in [0.5, 0.6) is 0 Å². The van der Waals surface area contributed by atoms with Crippen molar-refractivity contribution in [3.05, 3.63) is 35.6 Å². The van der Waals surface area contributed by atoms with Crippen LogP contribution in [0.3, 0.4) is 0 Å². The molecule has 96 valence electrons. The first-order chi connectivity index (χ1) is 8.49. The van der Waals surface area contributed by atoms with E-state index in [4.69, 9.17) is 0 Å². The van der Waals surface area contributed by atoms with E-state index in [1.165, 1.54) is 24.4 Å². The Hall–Kier alpha value is -2.24. The molecule has 0 fully saturated rings. The van der Waals surface area contributed by atoms with Crippen LogP contribution in [0.4, 0.5) is 4.39 Å². The Morgan fingerprint density at radius 3 is 2.67 bits per heavy atom. The van der Waals surface area contributed by atoms with Gasteiger partial charge < -0.3 is 5.32 Å². The molecule has 0 aliphatic carbocycles. The molecule has 2 N–H and O–H groups in total. The fourth-order valence-electron chi connectivity index (χ4n) is 1.13. The second kappa shape index (κ2) is 6.48. The second-order valence-corrected chi connectivity index (χ2v) is 3.88. The second-order valence-electron chi connectivity index (χ2n) is 3.88. The van der Waals surface area contributed by atoms with Crippen LogP contribution >= 0.6 is 0 Å². The normalized spacial score (nSPS) is 10.7. The van der Waals surface area contributed by atoms with Gasteiger partial charge in [-0.25, -0.2) is 9.82 Å². The van der Waals surface area contributed by atoms with E-state index in [9.17, 15) is 14.0 Å². The van der Waals surface area contributed by atoms with Gasteiger partial charge in [0.2, 0.25) is 0 Å². The maximum Gasteiger partial charge on any atom is 0.329 e. The third kappa shape index (κ3) is 4.73. The predicted molar refractivity (Wildman–Crippen MR) is 65.4 cm³/mol. The van der Waals surface area contributed by atoms with E-state index in [1.54, 1.807) is 19.9 Å². The third-order valence-corrected chi connectivity index (χ3v) is 1.85. The first-order valence-corrected chi connectivity index (χ1v) is 5.38. The van der Waals surface area contributed by atoms with Gasteiger partial charge in [-0.3, -0.25) is 9.59 Å². The van der Waals surface area contributed by atoms with Crippen molar-refractivity contribution >= 4 is 18.0 Å². The molecule has 0 radical (unpaired) electrons. The topological polar surface area (TPSA) is 70.6 Å². The van der Waals surface area contributed by atoms with Crippen LogP contribution in [0.2, 0.25) is 0 Å². The molecule has 0 saturated heterocycles. The number of hydrogen-bond acceptors (Lipinski definition) is 3. The zero-order valence-corrected chi connectivity index (χ0v) is 10.1. The minimum atomic E-state index is -0.864. The smallest absolute Gasteiger partial charge is 0.329 e. The summed E-state index contributed by atoms with van der Waals surface area (Å²) in [7, 11) is 0. The monoisotopic (exact) mass is 251 g/mol. The Bertz CT molecular complexity index is 472. The third-order valence-electron chi connectivity index (χ3n) is 1.85. The summed E-state index contributed by atoms with van der Waals surface area (Å²) in [6.07, 6.45) is 1.25. The van der Waals surface area contributed by atoms with Gasteiger partial charge in [0.05, 0.1) is 6.21 Å². The van der Waals surface area contributed by atoms with E-state index in [1.807, 2.05) is 0 Å². The minimum Gasteiger partial charge on any atom is -0.346 e. The van der Waals surface area contributed by atoms with Crippen LogP contribution in [0.25, 0.3) is 0 Å². The van der Waals surface area contributed by atoms with Crippen molar-refractivity contribution in [2.24, 2.45) is 5.10 Å². The number of rotatable bonds is 3. The standard InChI is InChI=1S/C12H14FN3O2/c1-8(2)15-11(17)12(18)16-14-7-9-4-3-5-10(13)6-9/h3-8H,1-2H3,(H,15,17)(H,16,18)/b14-7-. The van der Waals surface area contributed by atoms with Gasteiger partial charge in [0.1, 0.15) is 5.82 Å². The highest BCUT2D eigenvalue weighted by Crippen LogP contribution is 1.99. The Morgan fingerprint density at radius 1 is 1.33 bits per heavy atom. The molecule has 0 aliphatic rings. The molecule has 2 amide bonds. The zero-order valence-electron chi connectivity index (χ0n) is 10.1. The van der Waals surface area contributed by atoms with Crippen LogP contribution in [-0.2, 0) is 9.59 Å². The fourth-order valence-corrected chi connectivity index (χ4v) is 1.13. The molecule has 0 aliphatic heterocycles. The number of amides is 2. The van der Waals surface area contributed by atoms with Gasteiger partial charge in [-0.1, -0.05) is 12.1 Å². The van der Waals surface area contributed by atoms with Gasteiger partial charge in [0.15, 0.2) is 0 Å². The lowest BCUT2D eigenvalue weighted by Crippen LogP contribution is -2.41. The molecule has 18 heavy (non-hydrogen) atoms. The van der Waals surface area contributed by atoms with Crippen LogP contribution in [0, 0.1) is 5.82 Å². The largest absolute Gasteiger partial charge is 0.346 e. The van der Waals surface area contributed by atoms with Crippen molar-refractivity contribution in [1.82, 2.24) is 10.7 Å². The summed E-state index contributed by atoms with van der Waals surface area (Å²) in [4.78, 5) is 22.4. The van der Waals surface area contributed by atoms with Gasteiger partial charge in [-0.2, -0.15) is 5.10 Å². The zero-order chi connectivity index (χ0) is 13.5. The molecule has 0 unspecified atom stereocenters. The lowest BCUT2D eigenvalue weighted by molar-refractivity contribution is -0.139. The molecule has 1 aromatic carbocycles. The van der Waals surface area contributed by atoms with E-state index in [-0.39, 0.29) is 6.04 Å². The SMILES string of the molecule is CC(C)NC(=O)C(=O)N/N=C\c1cccc(F)c1. The number of hydrazone groups is 1. The molecule has 0 spiro atoms. The molecule has 0 aromatic heterocycles. The van der Waals surface area contributed by atoms with Crippen molar-refractivity contribution in [3.8, 4) is 0 Å². The highest BCUT2D eigenvalue weighted by atomic mass is 19.1. The highest BCUT2D eigenvalue weighted by Gasteiger charge is 2.12. The Kier molecular flexibility index (Phi) is 4.98. The quantitative estimate of drug-likeness (QED) is 0.474. The summed E-state index contributed by atoms with van der Waals surface area (Å²) in [6.45, 7) is 3.47. The Morgan fingerprint density at radius 2 is 2.06 bits per heavy atom. The van der Waals surface area contributed by atoms with E-state index in [0.717, 1.165) is 0 Å². The Balaban J connectivity index is 2.50. The molecule has 6 heteroatoms. The number of hydrogen-bond donors (Lipinski definition) is 2. The summed E-state index contributed by atoms with van der Waals surface area (Å²) in [5.41, 5.74) is 2.54. The van der Waals surface area contributed by atoms with E-state index in [2.05, 4.69) is 15.8 Å². The summed E-state index contributed by atoms with van der Waals surface area (Å²) in [6, 6.07) is 5.56. The number of halogens is 1. The molecule has 5 nitrogen and oxygen atoms in total. The van der Waals surface area contributed by atoms with Crippen LogP contribution in [-0.4, -0.2) is 24.1 Å². The number of benzene rings is 1. The maximum atomic E-state index is 12.8. The van der Waals surface area contributed by atoms with Gasteiger partial charge in [0.25, 0.3) is 0 Å². The lowest BCUT2D eigenvalue weighted by atomic mass is 10.2. The molecule has 1 aromatic rings. The molecule has 0 heterocycles. The summed E-state index contributed by atoms with van der Waals surface area (Å²) in [5, 5.41) is 5.97. The summed E-state index contributed by atoms with van der Waals surface area (Å²) in [5.74, 6) is -2.03. The molecule has 0 bridgehead atoms. The maximum absolute atomic E-state index is 12.8. The number of nitrogens with one attached hydrogen (secondary N) is 2. The first kappa shape index (κ1) is 13.8. The van der Waals surface area contributed by atoms with Gasteiger partial charge in [-0.05, 0) is 31.5 Å². The van der Waals surface area contributed by atoms with E-state index in [0.29, 0.717) is 5.56 Å². The number of nitrogens with zero attached hydrogens (tertiary/aromatic N) is 1. The van der Waals surface area contributed by atoms with Crippen LogP contribution < -0.4 is 10.7 Å². The average Bonchev–Trinajstić information content (AvgIpc) is 2.28. The van der Waals surface area contributed by atoms with Crippen molar-refractivity contribution in [1.29, 1.82) is 0 Å². The highest BCUT2D eigenvalue weighted by molar-refractivity contribution is 6.35. The summed E-state index contributed by atoms with van der Waals surface area (Å²) >= 11 is 0. The van der Waals surface area contributed by atoms with Crippen LogP contribution in [0.15, 0.2) is 29.4 Å². The summed E-state index contributed by atoms with van der Waals surface area (Å²) < 4.78 is 12.8. The van der Waals surface area contributed by atoms with E-state index < -0.39 is 17.6 Å². The van der Waals surface area contributed by atoms with Gasteiger partial charge >= 0.3 is 11.8 Å². The van der Waals surface area contributed by atoms with Crippen LogP contribution in [0.1, 0.15) is 19.4 Å². The van der Waals surface area contributed by atoms with Crippen molar-refractivity contribution in [2.45, 2.75) is 19.9 Å². The van der Waals surface area contributed by atoms with Gasteiger partial charge in [0, 0.05) is 6.04 Å². The minimum absolute atomic E-state index is 0.129. The average molecular weight is 251 g/mol. The predicted octanol–water partition coefficient (Wildman–Crippen LogP) is 0.800. The van der Waals surface area contributed by atoms with Crippen molar-refractivity contribution in [3.63, 3.8) is 0 Å². The molecule has 1 rings (SSSR count). The molecular formula is C12H14FN3O2. The van der Waals surface area contributed by atoms with Crippen molar-refractivity contribution < 1.29 is 14.0 Å². The Labute approximate surface area is 104 Å². The number of carbonyl (C=O) groups excluding carboxylic acids is 2. The molecular weight excluding hydrogens is 237 g/mol. The number of carbonyl (C=O) groups is 2. The first-order valence-electron chi connectivity index (χ1n) is 5.38. The van der Waals surface area contributed by atoms with E-state index >= 15 is 0 Å². The van der Waals surface area contributed by atoms with Crippen molar-refractivity contribution in [2.75, 3.05) is 0 Å². The van der Waals surface area contributed by atoms with Gasteiger partial charge in [-0.15, -0.1) is 0 Å². The fraction of sp³-hybridized carbons (Fsp3) is 0.250. The molecule has 0 atom stereocenters.